The van der Waals surface area contributed by atoms with Crippen molar-refractivity contribution in [2.45, 2.75) is 33.1 Å². The number of rotatable bonds is 5. The Morgan fingerprint density at radius 3 is 2.32 bits per heavy atom. The Balaban J connectivity index is 3.05. The Morgan fingerprint density at radius 2 is 1.89 bits per heavy atom. The van der Waals surface area contributed by atoms with E-state index in [-0.39, 0.29) is 6.61 Å². The summed E-state index contributed by atoms with van der Waals surface area (Å²) in [5, 5.41) is 9.37. The number of aliphatic carboxylic acids is 1. The number of hydrogen-bond donors (Lipinski definition) is 1. The summed E-state index contributed by atoms with van der Waals surface area (Å²) >= 11 is 0. The maximum atomic E-state index is 11.5. The average Bonchev–Trinajstić information content (AvgIpc) is 2.33. The van der Waals surface area contributed by atoms with Gasteiger partial charge < -0.3 is 9.84 Å². The molecule has 5 nitrogen and oxygen atoms in total. The SMILES string of the molecule is CC(C)(C)[C@@](N=C=O)(OCc1ccccc1)C(=O)O. The minimum atomic E-state index is -1.94. The quantitative estimate of drug-likeness (QED) is 0.653. The van der Waals surface area contributed by atoms with Gasteiger partial charge in [0.1, 0.15) is 0 Å². The molecule has 0 bridgehead atoms. The van der Waals surface area contributed by atoms with Crippen LogP contribution in [-0.2, 0) is 20.9 Å². The molecule has 1 aromatic rings. The summed E-state index contributed by atoms with van der Waals surface area (Å²) in [5.74, 6) is -1.31. The molecule has 0 aromatic heterocycles. The van der Waals surface area contributed by atoms with Crippen molar-refractivity contribution in [3.63, 3.8) is 0 Å². The topological polar surface area (TPSA) is 76.0 Å². The number of hydrogen-bond acceptors (Lipinski definition) is 4. The summed E-state index contributed by atoms with van der Waals surface area (Å²) in [7, 11) is 0. The van der Waals surface area contributed by atoms with Gasteiger partial charge in [-0.3, -0.25) is 0 Å². The molecule has 0 heterocycles. The highest BCUT2D eigenvalue weighted by Crippen LogP contribution is 2.36. The van der Waals surface area contributed by atoms with Crippen LogP contribution in [0, 0.1) is 5.41 Å². The molecule has 1 atom stereocenters. The molecular weight excluding hydrogens is 246 g/mol. The monoisotopic (exact) mass is 263 g/mol. The lowest BCUT2D eigenvalue weighted by Gasteiger charge is -2.35. The second-order valence-corrected chi connectivity index (χ2v) is 5.18. The molecule has 0 fully saturated rings. The van der Waals surface area contributed by atoms with E-state index in [0.29, 0.717) is 0 Å². The molecule has 0 unspecified atom stereocenters. The number of benzene rings is 1. The Labute approximate surface area is 111 Å². The third-order valence-electron chi connectivity index (χ3n) is 2.80. The van der Waals surface area contributed by atoms with Gasteiger partial charge in [-0.05, 0) is 5.56 Å². The summed E-state index contributed by atoms with van der Waals surface area (Å²) < 4.78 is 5.45. The highest BCUT2D eigenvalue weighted by molar-refractivity contribution is 5.79. The number of nitrogens with zero attached hydrogens (tertiary/aromatic N) is 1. The second kappa shape index (κ2) is 5.78. The lowest BCUT2D eigenvalue weighted by molar-refractivity contribution is -0.184. The van der Waals surface area contributed by atoms with Crippen molar-refractivity contribution < 1.29 is 19.4 Å². The molecular formula is C14H17NO4. The maximum absolute atomic E-state index is 11.5. The minimum Gasteiger partial charge on any atom is -0.478 e. The number of carboxylic acids is 1. The van der Waals surface area contributed by atoms with E-state index in [1.54, 1.807) is 32.9 Å². The van der Waals surface area contributed by atoms with Crippen LogP contribution in [0.1, 0.15) is 26.3 Å². The molecule has 5 heteroatoms. The van der Waals surface area contributed by atoms with E-state index < -0.39 is 17.1 Å². The molecule has 0 spiro atoms. The van der Waals surface area contributed by atoms with E-state index in [1.165, 1.54) is 6.08 Å². The Kier molecular flexibility index (Phi) is 4.59. The molecule has 19 heavy (non-hydrogen) atoms. The zero-order chi connectivity index (χ0) is 14.5. The second-order valence-electron chi connectivity index (χ2n) is 5.18. The Bertz CT molecular complexity index is 482. The average molecular weight is 263 g/mol. The van der Waals surface area contributed by atoms with Crippen molar-refractivity contribution >= 4 is 12.0 Å². The number of isocyanates is 1. The molecule has 0 radical (unpaired) electrons. The number of carboxylic acid groups (broad SMARTS) is 1. The van der Waals surface area contributed by atoms with Gasteiger partial charge in [-0.1, -0.05) is 51.1 Å². The van der Waals surface area contributed by atoms with Crippen LogP contribution in [0.15, 0.2) is 35.3 Å². The predicted molar refractivity (Wildman–Crippen MR) is 69.2 cm³/mol. The van der Waals surface area contributed by atoms with Gasteiger partial charge in [0.05, 0.1) is 6.61 Å². The van der Waals surface area contributed by atoms with E-state index in [9.17, 15) is 14.7 Å². The summed E-state index contributed by atoms with van der Waals surface area (Å²) in [5.41, 5.74) is -2.02. The van der Waals surface area contributed by atoms with Gasteiger partial charge in [0.2, 0.25) is 6.08 Å². The zero-order valence-electron chi connectivity index (χ0n) is 11.2. The van der Waals surface area contributed by atoms with E-state index in [0.717, 1.165) is 5.56 Å². The number of carbonyl (C=O) groups excluding carboxylic acids is 1. The van der Waals surface area contributed by atoms with Gasteiger partial charge in [0.25, 0.3) is 5.72 Å². The van der Waals surface area contributed by atoms with Gasteiger partial charge in [-0.25, -0.2) is 9.59 Å². The smallest absolute Gasteiger partial charge is 0.360 e. The molecule has 1 rings (SSSR count). The van der Waals surface area contributed by atoms with E-state index in [4.69, 9.17) is 4.74 Å². The molecule has 0 amide bonds. The van der Waals surface area contributed by atoms with Gasteiger partial charge in [-0.2, -0.15) is 4.99 Å². The van der Waals surface area contributed by atoms with Crippen molar-refractivity contribution in [1.29, 1.82) is 0 Å². The van der Waals surface area contributed by atoms with Crippen molar-refractivity contribution in [2.75, 3.05) is 0 Å². The predicted octanol–water partition coefficient (Wildman–Crippen LogP) is 2.37. The molecule has 0 aliphatic heterocycles. The standard InChI is InChI=1S/C14H17NO4/c1-13(2,3)14(12(17)18,15-10-16)19-9-11-7-5-4-6-8-11/h4-8H,9H2,1-3H3,(H,17,18)/t14-/m0/s1. The normalized spacial score (nSPS) is 14.3. The third-order valence-corrected chi connectivity index (χ3v) is 2.80. The summed E-state index contributed by atoms with van der Waals surface area (Å²) in [4.78, 5) is 25.4. The van der Waals surface area contributed by atoms with Crippen LogP contribution >= 0.6 is 0 Å². The number of ether oxygens (including phenoxy) is 1. The number of carbonyl (C=O) groups is 1. The van der Waals surface area contributed by atoms with Crippen molar-refractivity contribution in [3.05, 3.63) is 35.9 Å². The van der Waals surface area contributed by atoms with Crippen molar-refractivity contribution in [3.8, 4) is 0 Å². The molecule has 0 aliphatic carbocycles. The number of aliphatic imine (C=N–C) groups is 1. The lowest BCUT2D eigenvalue weighted by atomic mass is 9.83. The van der Waals surface area contributed by atoms with E-state index in [2.05, 4.69) is 4.99 Å². The summed E-state index contributed by atoms with van der Waals surface area (Å²) in [6.07, 6.45) is 1.30. The van der Waals surface area contributed by atoms with Crippen LogP contribution in [0.5, 0.6) is 0 Å². The summed E-state index contributed by atoms with van der Waals surface area (Å²) in [6.45, 7) is 4.99. The first kappa shape index (κ1) is 15.1. The molecule has 1 N–H and O–H groups in total. The zero-order valence-corrected chi connectivity index (χ0v) is 11.2. The maximum Gasteiger partial charge on any atom is 0.360 e. The van der Waals surface area contributed by atoms with E-state index in [1.807, 2.05) is 18.2 Å². The Morgan fingerprint density at radius 1 is 1.32 bits per heavy atom. The highest BCUT2D eigenvalue weighted by Gasteiger charge is 2.51. The first-order chi connectivity index (χ1) is 8.83. The lowest BCUT2D eigenvalue weighted by Crippen LogP contribution is -2.50. The van der Waals surface area contributed by atoms with Crippen molar-refractivity contribution in [1.82, 2.24) is 0 Å². The van der Waals surface area contributed by atoms with Gasteiger partial charge in [0.15, 0.2) is 0 Å². The largest absolute Gasteiger partial charge is 0.478 e. The molecule has 0 aliphatic rings. The van der Waals surface area contributed by atoms with Gasteiger partial charge in [-0.15, -0.1) is 0 Å². The molecule has 102 valence electrons. The first-order valence-electron chi connectivity index (χ1n) is 5.84. The molecule has 0 saturated carbocycles. The van der Waals surface area contributed by atoms with Gasteiger partial charge >= 0.3 is 5.97 Å². The Hall–Kier alpha value is -1.97. The van der Waals surface area contributed by atoms with Crippen LogP contribution in [0.2, 0.25) is 0 Å². The third kappa shape index (κ3) is 3.28. The highest BCUT2D eigenvalue weighted by atomic mass is 16.5. The van der Waals surface area contributed by atoms with Crippen LogP contribution in [0.4, 0.5) is 0 Å². The van der Waals surface area contributed by atoms with Crippen LogP contribution in [0.25, 0.3) is 0 Å². The fourth-order valence-corrected chi connectivity index (χ4v) is 1.67. The summed E-state index contributed by atoms with van der Waals surface area (Å²) in [6, 6.07) is 9.10. The van der Waals surface area contributed by atoms with Gasteiger partial charge in [0, 0.05) is 5.41 Å². The van der Waals surface area contributed by atoms with Crippen LogP contribution in [-0.4, -0.2) is 22.9 Å². The fourth-order valence-electron chi connectivity index (χ4n) is 1.67. The molecule has 0 saturated heterocycles. The van der Waals surface area contributed by atoms with E-state index >= 15 is 0 Å². The van der Waals surface area contributed by atoms with Crippen LogP contribution in [0.3, 0.4) is 0 Å². The molecule has 1 aromatic carbocycles. The van der Waals surface area contributed by atoms with Crippen LogP contribution < -0.4 is 0 Å². The van der Waals surface area contributed by atoms with Crippen molar-refractivity contribution in [2.24, 2.45) is 10.4 Å². The first-order valence-corrected chi connectivity index (χ1v) is 5.84. The minimum absolute atomic E-state index is 0.0512. The fraction of sp³-hybridized carbons (Fsp3) is 0.429.